The van der Waals surface area contributed by atoms with Gasteiger partial charge in [-0.05, 0) is 49.2 Å². The lowest BCUT2D eigenvalue weighted by molar-refractivity contribution is -0.124. The van der Waals surface area contributed by atoms with Crippen molar-refractivity contribution in [2.45, 2.75) is 18.4 Å². The molecular formula is C17H19N3O4. The number of nitrogens with one attached hydrogen (secondary N) is 2. The molecule has 0 aliphatic carbocycles. The molecule has 0 spiro atoms. The van der Waals surface area contributed by atoms with Crippen LogP contribution in [-0.4, -0.2) is 30.6 Å². The molecule has 1 aromatic carbocycles. The Balaban J connectivity index is 1.60. The van der Waals surface area contributed by atoms with Gasteiger partial charge in [0.15, 0.2) is 5.76 Å². The van der Waals surface area contributed by atoms with E-state index in [9.17, 15) is 9.59 Å². The van der Waals surface area contributed by atoms with Crippen LogP contribution in [0.3, 0.4) is 0 Å². The molecule has 1 saturated heterocycles. The molecule has 1 aliphatic heterocycles. The van der Waals surface area contributed by atoms with Crippen molar-refractivity contribution in [3.8, 4) is 0 Å². The molecule has 3 rings (SSSR count). The van der Waals surface area contributed by atoms with Crippen molar-refractivity contribution < 1.29 is 18.7 Å². The highest BCUT2D eigenvalue weighted by Gasteiger charge is 2.35. The van der Waals surface area contributed by atoms with Gasteiger partial charge in [-0.3, -0.25) is 9.59 Å². The van der Waals surface area contributed by atoms with Gasteiger partial charge in [0.2, 0.25) is 5.91 Å². The highest BCUT2D eigenvalue weighted by Crippen LogP contribution is 2.21. The zero-order chi connectivity index (χ0) is 17.0. The van der Waals surface area contributed by atoms with E-state index in [1.807, 2.05) is 0 Å². The number of carbonyl (C=O) groups excluding carboxylic acids is 2. The Kier molecular flexibility index (Phi) is 4.64. The third-order valence-electron chi connectivity index (χ3n) is 3.98. The normalized spacial score (nSPS) is 16.4. The number of amides is 2. The number of furan rings is 1. The maximum absolute atomic E-state index is 12.3. The first kappa shape index (κ1) is 16.2. The molecule has 2 amide bonds. The van der Waals surface area contributed by atoms with Crippen molar-refractivity contribution in [3.63, 3.8) is 0 Å². The van der Waals surface area contributed by atoms with Gasteiger partial charge in [-0.2, -0.15) is 0 Å². The third-order valence-corrected chi connectivity index (χ3v) is 3.98. The molecule has 2 heterocycles. The Labute approximate surface area is 139 Å². The molecule has 7 heteroatoms. The lowest BCUT2D eigenvalue weighted by Gasteiger charge is -2.31. The molecule has 1 fully saturated rings. The fourth-order valence-electron chi connectivity index (χ4n) is 2.46. The summed E-state index contributed by atoms with van der Waals surface area (Å²) in [7, 11) is 0. The standard InChI is InChI=1S/C17H19N3O4/c18-17(7-10-23-11-8-17)16(22)20-13-5-3-12(4-6-13)19-15(21)14-2-1-9-24-14/h1-6,9H,7-8,10-11,18H2,(H,19,21)(H,20,22). The van der Waals surface area contributed by atoms with E-state index in [-0.39, 0.29) is 17.6 Å². The highest BCUT2D eigenvalue weighted by molar-refractivity contribution is 6.02. The van der Waals surface area contributed by atoms with Crippen LogP contribution in [0.2, 0.25) is 0 Å². The number of nitrogens with two attached hydrogens (primary N) is 1. The summed E-state index contributed by atoms with van der Waals surface area (Å²) >= 11 is 0. The van der Waals surface area contributed by atoms with Crippen LogP contribution in [0.15, 0.2) is 47.1 Å². The summed E-state index contributed by atoms with van der Waals surface area (Å²) in [5.41, 5.74) is 6.46. The molecule has 2 aromatic rings. The molecule has 4 N–H and O–H groups in total. The summed E-state index contributed by atoms with van der Waals surface area (Å²) in [5.74, 6) is -0.324. The van der Waals surface area contributed by atoms with Crippen LogP contribution in [0.1, 0.15) is 23.4 Å². The van der Waals surface area contributed by atoms with Crippen molar-refractivity contribution in [2.75, 3.05) is 23.8 Å². The monoisotopic (exact) mass is 329 g/mol. The molecular weight excluding hydrogens is 310 g/mol. The van der Waals surface area contributed by atoms with Crippen molar-refractivity contribution in [1.29, 1.82) is 0 Å². The maximum Gasteiger partial charge on any atom is 0.291 e. The van der Waals surface area contributed by atoms with Gasteiger partial charge in [-0.1, -0.05) is 0 Å². The third kappa shape index (κ3) is 3.64. The molecule has 0 bridgehead atoms. The minimum absolute atomic E-state index is 0.224. The molecule has 1 aromatic heterocycles. The predicted octanol–water partition coefficient (Wildman–Crippen LogP) is 1.98. The average Bonchev–Trinajstić information content (AvgIpc) is 3.12. The second kappa shape index (κ2) is 6.86. The quantitative estimate of drug-likeness (QED) is 0.795. The number of anilines is 2. The lowest BCUT2D eigenvalue weighted by atomic mass is 9.90. The fraction of sp³-hybridized carbons (Fsp3) is 0.294. The molecule has 1 aliphatic rings. The number of rotatable bonds is 4. The highest BCUT2D eigenvalue weighted by atomic mass is 16.5. The maximum atomic E-state index is 12.3. The summed E-state index contributed by atoms with van der Waals surface area (Å²) in [5, 5.41) is 5.52. The van der Waals surface area contributed by atoms with Crippen LogP contribution in [0.5, 0.6) is 0 Å². The first-order valence-corrected chi connectivity index (χ1v) is 7.70. The Hall–Kier alpha value is -2.64. The number of ether oxygens (including phenoxy) is 1. The van der Waals surface area contributed by atoms with E-state index in [0.29, 0.717) is 37.4 Å². The number of hydrogen-bond donors (Lipinski definition) is 3. The zero-order valence-corrected chi connectivity index (χ0v) is 13.1. The van der Waals surface area contributed by atoms with Crippen LogP contribution >= 0.6 is 0 Å². The summed E-state index contributed by atoms with van der Waals surface area (Å²) in [6.45, 7) is 0.976. The largest absolute Gasteiger partial charge is 0.459 e. The van der Waals surface area contributed by atoms with E-state index in [1.54, 1.807) is 36.4 Å². The van der Waals surface area contributed by atoms with Crippen LogP contribution < -0.4 is 16.4 Å². The minimum Gasteiger partial charge on any atom is -0.459 e. The van der Waals surface area contributed by atoms with Gasteiger partial charge >= 0.3 is 0 Å². The van der Waals surface area contributed by atoms with Crippen molar-refractivity contribution in [2.24, 2.45) is 5.73 Å². The molecule has 0 unspecified atom stereocenters. The molecule has 0 saturated carbocycles. The molecule has 24 heavy (non-hydrogen) atoms. The van der Waals surface area contributed by atoms with Crippen molar-refractivity contribution in [3.05, 3.63) is 48.4 Å². The zero-order valence-electron chi connectivity index (χ0n) is 13.1. The second-order valence-electron chi connectivity index (χ2n) is 5.73. The van der Waals surface area contributed by atoms with Gasteiger partial charge < -0.3 is 25.5 Å². The minimum atomic E-state index is -0.898. The Morgan fingerprint density at radius 2 is 1.62 bits per heavy atom. The first-order chi connectivity index (χ1) is 11.6. The van der Waals surface area contributed by atoms with Crippen LogP contribution in [0, 0.1) is 0 Å². The van der Waals surface area contributed by atoms with Gasteiger partial charge in [0, 0.05) is 24.6 Å². The van der Waals surface area contributed by atoms with Crippen molar-refractivity contribution >= 4 is 23.2 Å². The lowest BCUT2D eigenvalue weighted by Crippen LogP contribution is -2.54. The van der Waals surface area contributed by atoms with E-state index >= 15 is 0 Å². The van der Waals surface area contributed by atoms with Gasteiger partial charge in [0.25, 0.3) is 5.91 Å². The topological polar surface area (TPSA) is 107 Å². The average molecular weight is 329 g/mol. The summed E-state index contributed by atoms with van der Waals surface area (Å²) in [6, 6.07) is 10.0. The smallest absolute Gasteiger partial charge is 0.291 e. The summed E-state index contributed by atoms with van der Waals surface area (Å²) in [4.78, 5) is 24.2. The molecule has 7 nitrogen and oxygen atoms in total. The second-order valence-corrected chi connectivity index (χ2v) is 5.73. The number of benzene rings is 1. The Bertz CT molecular complexity index is 704. The predicted molar refractivity (Wildman–Crippen MR) is 88.7 cm³/mol. The molecule has 126 valence electrons. The van der Waals surface area contributed by atoms with E-state index in [1.165, 1.54) is 6.26 Å². The van der Waals surface area contributed by atoms with Crippen LogP contribution in [0.4, 0.5) is 11.4 Å². The van der Waals surface area contributed by atoms with E-state index < -0.39 is 5.54 Å². The van der Waals surface area contributed by atoms with Crippen LogP contribution in [-0.2, 0) is 9.53 Å². The molecule has 0 atom stereocenters. The van der Waals surface area contributed by atoms with E-state index in [0.717, 1.165) is 0 Å². The molecule has 0 radical (unpaired) electrons. The van der Waals surface area contributed by atoms with Crippen molar-refractivity contribution in [1.82, 2.24) is 0 Å². The Morgan fingerprint density at radius 1 is 1.00 bits per heavy atom. The van der Waals surface area contributed by atoms with E-state index in [2.05, 4.69) is 10.6 Å². The summed E-state index contributed by atoms with van der Waals surface area (Å²) < 4.78 is 10.3. The SMILES string of the molecule is NC1(C(=O)Nc2ccc(NC(=O)c3ccco3)cc2)CCOCC1. The number of hydrogen-bond acceptors (Lipinski definition) is 5. The van der Waals surface area contributed by atoms with Gasteiger partial charge in [0.1, 0.15) is 5.54 Å². The Morgan fingerprint density at radius 3 is 2.21 bits per heavy atom. The van der Waals surface area contributed by atoms with Gasteiger partial charge in [-0.15, -0.1) is 0 Å². The fourth-order valence-corrected chi connectivity index (χ4v) is 2.46. The van der Waals surface area contributed by atoms with Gasteiger partial charge in [-0.25, -0.2) is 0 Å². The van der Waals surface area contributed by atoms with E-state index in [4.69, 9.17) is 14.9 Å². The van der Waals surface area contributed by atoms with Gasteiger partial charge in [0.05, 0.1) is 6.26 Å². The number of carbonyl (C=O) groups is 2. The van der Waals surface area contributed by atoms with Crippen LogP contribution in [0.25, 0.3) is 0 Å². The summed E-state index contributed by atoms with van der Waals surface area (Å²) in [6.07, 6.45) is 2.43. The first-order valence-electron chi connectivity index (χ1n) is 7.70.